The lowest BCUT2D eigenvalue weighted by atomic mass is 9.88. The van der Waals surface area contributed by atoms with Crippen LogP contribution in [0.3, 0.4) is 0 Å². The highest BCUT2D eigenvalue weighted by atomic mass is 35.5. The van der Waals surface area contributed by atoms with Crippen LogP contribution in [0.5, 0.6) is 0 Å². The number of fused-ring (bicyclic) bond motifs is 1. The first kappa shape index (κ1) is 35.1. The summed E-state index contributed by atoms with van der Waals surface area (Å²) in [5, 5.41) is 3.87. The van der Waals surface area contributed by atoms with E-state index >= 15 is 0 Å². The third-order valence-corrected chi connectivity index (χ3v) is 6.29. The van der Waals surface area contributed by atoms with Gasteiger partial charge in [0.15, 0.2) is 5.78 Å². The molecule has 0 aromatic heterocycles. The molecule has 3 aliphatic rings. The number of Topliss-reactive ketones (excluding diaryl/α,β-unsaturated/α-hetero) is 1. The van der Waals surface area contributed by atoms with Crippen molar-refractivity contribution in [3.05, 3.63) is 95.6 Å². The van der Waals surface area contributed by atoms with Gasteiger partial charge in [0.2, 0.25) is 0 Å². The highest BCUT2D eigenvalue weighted by Gasteiger charge is 2.33. The van der Waals surface area contributed by atoms with Gasteiger partial charge in [0.05, 0.1) is 20.4 Å². The van der Waals surface area contributed by atoms with Crippen LogP contribution in [0.1, 0.15) is 59.3 Å². The molecule has 1 N–H and O–H groups in total. The third kappa shape index (κ3) is 12.9. The van der Waals surface area contributed by atoms with E-state index in [1.807, 2.05) is 75.6 Å². The summed E-state index contributed by atoms with van der Waals surface area (Å²) in [5.41, 5.74) is 1.35. The number of carbonyl (C=O) groups excluding carboxylic acids is 1. The molecule has 7 heteroatoms. The van der Waals surface area contributed by atoms with Crippen LogP contribution in [0.25, 0.3) is 0 Å². The Morgan fingerprint density at radius 1 is 1.23 bits per heavy atom. The number of carbonyl (C=O) groups is 1. The van der Waals surface area contributed by atoms with Crippen molar-refractivity contribution in [3.63, 3.8) is 0 Å². The standard InChI is InChI=1S/C30H37ClN2O3.C2H6.CH3F/c1-3-5-6-7-15-26(29(34)27-20-33-30-25(27)14-8-10-18-32-30)28(36-21-23-16-17-23)22-35-19-11-9-13-24(31)12-4-2;2*1-2/h3-4,6-7,9-13,18,20,23,25H,1,5,8,14-17,19,21-22H2,2H3,(H,32,33);1-2H3;1H3/b7-6-,11-9+,12-4-,24-13+,28-26-;;. The Labute approximate surface area is 245 Å². The molecule has 1 unspecified atom stereocenters. The number of rotatable bonds is 15. The number of aliphatic imine (C=N–C) groups is 1. The summed E-state index contributed by atoms with van der Waals surface area (Å²) in [6.07, 6.45) is 26.1. The van der Waals surface area contributed by atoms with Gasteiger partial charge in [0, 0.05) is 28.3 Å². The van der Waals surface area contributed by atoms with Crippen molar-refractivity contribution in [2.75, 3.05) is 27.0 Å². The number of hydrogen-bond acceptors (Lipinski definition) is 5. The number of halogens is 2. The number of ketones is 1. The first-order chi connectivity index (χ1) is 19.6. The fourth-order valence-corrected chi connectivity index (χ4v) is 4.07. The maximum Gasteiger partial charge on any atom is 0.191 e. The normalized spacial score (nSPS) is 18.9. The molecule has 1 aliphatic carbocycles. The number of alkyl halides is 1. The number of amidine groups is 1. The zero-order chi connectivity index (χ0) is 29.6. The molecule has 0 bridgehead atoms. The van der Waals surface area contributed by atoms with Gasteiger partial charge < -0.3 is 14.8 Å². The van der Waals surface area contributed by atoms with E-state index in [9.17, 15) is 9.18 Å². The van der Waals surface area contributed by atoms with E-state index in [2.05, 4.69) is 23.0 Å². The molecule has 1 saturated carbocycles. The molecule has 2 heterocycles. The molecule has 0 spiro atoms. The molecule has 0 radical (unpaired) electrons. The van der Waals surface area contributed by atoms with E-state index in [0.29, 0.717) is 54.7 Å². The van der Waals surface area contributed by atoms with Gasteiger partial charge in [-0.05, 0) is 69.7 Å². The fraction of sp³-hybridized carbons (Fsp3) is 0.455. The predicted octanol–water partition coefficient (Wildman–Crippen LogP) is 8.45. The first-order valence-corrected chi connectivity index (χ1v) is 14.5. The van der Waals surface area contributed by atoms with Crippen LogP contribution < -0.4 is 5.32 Å². The summed E-state index contributed by atoms with van der Waals surface area (Å²) in [5.74, 6) is 1.96. The third-order valence-electron chi connectivity index (χ3n) is 6.04. The van der Waals surface area contributed by atoms with Gasteiger partial charge in [-0.25, -0.2) is 4.99 Å². The largest absolute Gasteiger partial charge is 0.495 e. The second kappa shape index (κ2) is 21.8. The van der Waals surface area contributed by atoms with Crippen LogP contribution in [0.4, 0.5) is 4.39 Å². The Balaban J connectivity index is 0.00000191. The number of nitrogens with one attached hydrogen (secondary N) is 1. The van der Waals surface area contributed by atoms with Gasteiger partial charge in [-0.15, -0.1) is 6.58 Å². The Morgan fingerprint density at radius 2 is 2.00 bits per heavy atom. The van der Waals surface area contributed by atoms with E-state index in [4.69, 9.17) is 21.1 Å². The molecule has 0 aromatic carbocycles. The molecule has 1 atom stereocenters. The second-order valence-electron chi connectivity index (χ2n) is 8.96. The summed E-state index contributed by atoms with van der Waals surface area (Å²) in [4.78, 5) is 18.4. The number of hydrogen-bond donors (Lipinski definition) is 1. The second-order valence-corrected chi connectivity index (χ2v) is 9.39. The Morgan fingerprint density at radius 3 is 2.70 bits per heavy atom. The average molecular weight is 573 g/mol. The van der Waals surface area contributed by atoms with E-state index in [-0.39, 0.29) is 18.3 Å². The van der Waals surface area contributed by atoms with E-state index in [0.717, 1.165) is 25.1 Å². The molecule has 5 nitrogen and oxygen atoms in total. The number of nitrogens with zero attached hydrogens (tertiary/aromatic N) is 1. The molecule has 0 aromatic rings. The lowest BCUT2D eigenvalue weighted by molar-refractivity contribution is -0.113. The van der Waals surface area contributed by atoms with Gasteiger partial charge in [0.25, 0.3) is 0 Å². The SMILES string of the molecule is C=CC/C=C\C/C(C(=O)C1=CN=C2NC=CCCC12)=C(\COC/C=C/C=C(Cl)\C=C/C)OCC1CC1.CC.CF. The van der Waals surface area contributed by atoms with Crippen LogP contribution in [-0.4, -0.2) is 38.6 Å². The van der Waals surface area contributed by atoms with Crippen molar-refractivity contribution in [2.24, 2.45) is 16.8 Å². The van der Waals surface area contributed by atoms with E-state index in [1.54, 1.807) is 6.20 Å². The van der Waals surface area contributed by atoms with E-state index < -0.39 is 0 Å². The molecule has 220 valence electrons. The van der Waals surface area contributed by atoms with Crippen LogP contribution in [-0.2, 0) is 14.3 Å². The van der Waals surface area contributed by atoms with Gasteiger partial charge in [-0.3, -0.25) is 9.18 Å². The van der Waals surface area contributed by atoms with Crippen LogP contribution >= 0.6 is 11.6 Å². The van der Waals surface area contributed by atoms with Crippen molar-refractivity contribution < 1.29 is 18.7 Å². The summed E-state index contributed by atoms with van der Waals surface area (Å²) < 4.78 is 21.6. The minimum atomic E-state index is -0.0260. The van der Waals surface area contributed by atoms with E-state index in [1.165, 1.54) is 12.8 Å². The smallest absolute Gasteiger partial charge is 0.191 e. The highest BCUT2D eigenvalue weighted by Crippen LogP contribution is 2.32. The lowest BCUT2D eigenvalue weighted by Crippen LogP contribution is -2.27. The Kier molecular flexibility index (Phi) is 19.1. The molecular formula is C33H46ClFN2O3. The van der Waals surface area contributed by atoms with Gasteiger partial charge in [0.1, 0.15) is 18.2 Å². The number of ether oxygens (including phenoxy) is 2. The Bertz CT molecular complexity index is 1030. The lowest BCUT2D eigenvalue weighted by Gasteiger charge is -2.19. The zero-order valence-corrected chi connectivity index (χ0v) is 25.3. The fourth-order valence-electron chi connectivity index (χ4n) is 3.87. The first-order valence-electron chi connectivity index (χ1n) is 14.1. The molecule has 3 rings (SSSR count). The van der Waals surface area contributed by atoms with Gasteiger partial charge >= 0.3 is 0 Å². The minimum Gasteiger partial charge on any atom is -0.495 e. The average Bonchev–Trinajstić information content (AvgIpc) is 3.77. The van der Waals surface area contributed by atoms with Crippen LogP contribution in [0.2, 0.25) is 0 Å². The maximum atomic E-state index is 13.9. The van der Waals surface area contributed by atoms with Crippen molar-refractivity contribution in [1.29, 1.82) is 0 Å². The summed E-state index contributed by atoms with van der Waals surface area (Å²) in [6, 6.07) is 0. The molecule has 1 fully saturated rings. The molecular weight excluding hydrogens is 527 g/mol. The minimum absolute atomic E-state index is 0.0169. The predicted molar refractivity (Wildman–Crippen MR) is 167 cm³/mol. The molecule has 40 heavy (non-hydrogen) atoms. The monoisotopic (exact) mass is 572 g/mol. The summed E-state index contributed by atoms with van der Waals surface area (Å²) in [6.45, 7) is 10.9. The molecule has 2 aliphatic heterocycles. The summed E-state index contributed by atoms with van der Waals surface area (Å²) >= 11 is 6.07. The number of allylic oxidation sites excluding steroid dienone is 10. The maximum absolute atomic E-state index is 13.9. The van der Waals surface area contributed by atoms with Crippen LogP contribution in [0.15, 0.2) is 101 Å². The zero-order valence-electron chi connectivity index (χ0n) is 24.5. The quantitative estimate of drug-likeness (QED) is 0.0703. The van der Waals surface area contributed by atoms with Crippen LogP contribution in [0, 0.1) is 11.8 Å². The van der Waals surface area contributed by atoms with Gasteiger partial charge in [-0.1, -0.05) is 68.0 Å². The van der Waals surface area contributed by atoms with Crippen molar-refractivity contribution in [2.45, 2.75) is 59.3 Å². The van der Waals surface area contributed by atoms with Crippen molar-refractivity contribution in [1.82, 2.24) is 5.32 Å². The topological polar surface area (TPSA) is 59.9 Å². The highest BCUT2D eigenvalue weighted by molar-refractivity contribution is 6.31. The molecule has 0 amide bonds. The Hall–Kier alpha value is -2.96. The van der Waals surface area contributed by atoms with Crippen molar-refractivity contribution >= 4 is 23.2 Å². The van der Waals surface area contributed by atoms with Crippen molar-refractivity contribution in [3.8, 4) is 0 Å². The van der Waals surface area contributed by atoms with Gasteiger partial charge in [-0.2, -0.15) is 0 Å². The summed E-state index contributed by atoms with van der Waals surface area (Å²) in [7, 11) is 0.500. The molecule has 0 saturated heterocycles.